The van der Waals surface area contributed by atoms with Crippen molar-refractivity contribution in [2.24, 2.45) is 0 Å². The Bertz CT molecular complexity index is 601. The quantitative estimate of drug-likeness (QED) is 0.490. The van der Waals surface area contributed by atoms with Gasteiger partial charge in [0.25, 0.3) is 5.78 Å². The monoisotopic (exact) mass is 277 g/mol. The number of ether oxygens (including phenoxy) is 1. The molecule has 0 amide bonds. The molecule has 0 bridgehead atoms. The number of hydrogen-bond acceptors (Lipinski definition) is 3. The molecule has 0 radical (unpaired) electrons. The predicted octanol–water partition coefficient (Wildman–Crippen LogP) is 2.88. The summed E-state index contributed by atoms with van der Waals surface area (Å²) >= 11 is 5.81. The molecule has 4 nitrogen and oxygen atoms in total. The SMILES string of the molecule is CCOC(=O)C(=O)c1ccn(-c2ccc(Cl)cc2)c1. The van der Waals surface area contributed by atoms with Crippen molar-refractivity contribution in [2.75, 3.05) is 6.61 Å². The van der Waals surface area contributed by atoms with Crippen LogP contribution < -0.4 is 0 Å². The molecule has 19 heavy (non-hydrogen) atoms. The number of aromatic nitrogens is 1. The number of hydrogen-bond donors (Lipinski definition) is 0. The highest BCUT2D eigenvalue weighted by molar-refractivity contribution is 6.40. The average molecular weight is 278 g/mol. The summed E-state index contributed by atoms with van der Waals surface area (Å²) in [7, 11) is 0. The molecule has 0 aliphatic rings. The van der Waals surface area contributed by atoms with Gasteiger partial charge < -0.3 is 9.30 Å². The smallest absolute Gasteiger partial charge is 0.379 e. The van der Waals surface area contributed by atoms with Crippen molar-refractivity contribution >= 4 is 23.4 Å². The van der Waals surface area contributed by atoms with Crippen molar-refractivity contribution in [1.82, 2.24) is 4.57 Å². The van der Waals surface area contributed by atoms with Gasteiger partial charge in [-0.3, -0.25) is 4.79 Å². The van der Waals surface area contributed by atoms with Gasteiger partial charge in [-0.25, -0.2) is 4.79 Å². The molecular weight excluding hydrogens is 266 g/mol. The van der Waals surface area contributed by atoms with E-state index in [1.54, 1.807) is 42.1 Å². The van der Waals surface area contributed by atoms with Gasteiger partial charge in [0.2, 0.25) is 0 Å². The fourth-order valence-electron chi connectivity index (χ4n) is 1.62. The van der Waals surface area contributed by atoms with E-state index in [1.807, 2.05) is 12.1 Å². The van der Waals surface area contributed by atoms with Crippen molar-refractivity contribution in [3.05, 3.63) is 53.3 Å². The first kappa shape index (κ1) is 13.4. The maximum atomic E-state index is 11.7. The molecule has 0 aliphatic carbocycles. The Morgan fingerprint density at radius 2 is 1.89 bits per heavy atom. The first-order valence-electron chi connectivity index (χ1n) is 5.77. The fourth-order valence-corrected chi connectivity index (χ4v) is 1.75. The molecule has 0 N–H and O–H groups in total. The molecule has 0 fully saturated rings. The minimum absolute atomic E-state index is 0.183. The van der Waals surface area contributed by atoms with Gasteiger partial charge in [0.05, 0.1) is 6.61 Å². The van der Waals surface area contributed by atoms with Crippen molar-refractivity contribution in [2.45, 2.75) is 6.92 Å². The maximum absolute atomic E-state index is 11.7. The van der Waals surface area contributed by atoms with Crippen LogP contribution in [0.5, 0.6) is 0 Å². The van der Waals surface area contributed by atoms with Crippen molar-refractivity contribution in [3.8, 4) is 5.69 Å². The Morgan fingerprint density at radius 1 is 1.21 bits per heavy atom. The van der Waals surface area contributed by atoms with E-state index in [9.17, 15) is 9.59 Å². The number of halogens is 1. The van der Waals surface area contributed by atoms with Gasteiger partial charge in [-0.1, -0.05) is 11.6 Å². The van der Waals surface area contributed by atoms with Gasteiger partial charge in [-0.2, -0.15) is 0 Å². The van der Waals surface area contributed by atoms with Crippen LogP contribution in [0.4, 0.5) is 0 Å². The van der Waals surface area contributed by atoms with E-state index in [0.717, 1.165) is 5.69 Å². The molecule has 0 spiro atoms. The number of benzene rings is 1. The van der Waals surface area contributed by atoms with Gasteiger partial charge in [0.1, 0.15) is 0 Å². The lowest BCUT2D eigenvalue weighted by atomic mass is 10.2. The van der Waals surface area contributed by atoms with Crippen LogP contribution in [0.25, 0.3) is 5.69 Å². The van der Waals surface area contributed by atoms with E-state index in [1.165, 1.54) is 0 Å². The topological polar surface area (TPSA) is 48.3 Å². The lowest BCUT2D eigenvalue weighted by Gasteiger charge is -2.02. The second-order valence-corrected chi connectivity index (χ2v) is 4.27. The largest absolute Gasteiger partial charge is 0.460 e. The standard InChI is InChI=1S/C14H12ClNO3/c1-2-19-14(18)13(17)10-7-8-16(9-10)12-5-3-11(15)4-6-12/h3-9H,2H2,1H3. The highest BCUT2D eigenvalue weighted by Crippen LogP contribution is 2.15. The van der Waals surface area contributed by atoms with Crippen LogP contribution in [0, 0.1) is 0 Å². The molecule has 98 valence electrons. The van der Waals surface area contributed by atoms with E-state index in [0.29, 0.717) is 10.6 Å². The summed E-state index contributed by atoms with van der Waals surface area (Å²) in [6.07, 6.45) is 3.29. The Balaban J connectivity index is 2.21. The van der Waals surface area contributed by atoms with E-state index in [4.69, 9.17) is 11.6 Å². The highest BCUT2D eigenvalue weighted by Gasteiger charge is 2.18. The number of carbonyl (C=O) groups is 2. The highest BCUT2D eigenvalue weighted by atomic mass is 35.5. The van der Waals surface area contributed by atoms with E-state index < -0.39 is 11.8 Å². The Kier molecular flexibility index (Phi) is 4.02. The van der Waals surface area contributed by atoms with Crippen molar-refractivity contribution < 1.29 is 14.3 Å². The third-order valence-electron chi connectivity index (χ3n) is 2.54. The van der Waals surface area contributed by atoms with E-state index >= 15 is 0 Å². The molecule has 1 heterocycles. The van der Waals surface area contributed by atoms with Crippen LogP contribution in [0.3, 0.4) is 0 Å². The van der Waals surface area contributed by atoms with Gasteiger partial charge in [-0.05, 0) is 37.3 Å². The number of Topliss-reactive ketones (excluding diaryl/α,β-unsaturated/α-hetero) is 1. The van der Waals surface area contributed by atoms with Gasteiger partial charge in [-0.15, -0.1) is 0 Å². The van der Waals surface area contributed by atoms with Crippen molar-refractivity contribution in [3.63, 3.8) is 0 Å². The second-order valence-electron chi connectivity index (χ2n) is 3.83. The van der Waals surface area contributed by atoms with E-state index in [2.05, 4.69) is 4.74 Å². The van der Waals surface area contributed by atoms with Crippen LogP contribution >= 0.6 is 11.6 Å². The first-order valence-corrected chi connectivity index (χ1v) is 6.15. The number of rotatable bonds is 4. The molecule has 0 aliphatic heterocycles. The summed E-state index contributed by atoms with van der Waals surface area (Å²) in [5, 5.41) is 0.638. The summed E-state index contributed by atoms with van der Waals surface area (Å²) in [4.78, 5) is 23.1. The summed E-state index contributed by atoms with van der Waals surface area (Å²) < 4.78 is 6.41. The lowest BCUT2D eigenvalue weighted by molar-refractivity contribution is -0.137. The summed E-state index contributed by atoms with van der Waals surface area (Å²) in [6.45, 7) is 1.84. The zero-order valence-electron chi connectivity index (χ0n) is 10.3. The third-order valence-corrected chi connectivity index (χ3v) is 2.79. The Hall–Kier alpha value is -2.07. The fraction of sp³-hybridized carbons (Fsp3) is 0.143. The van der Waals surface area contributed by atoms with Crippen LogP contribution in [-0.4, -0.2) is 22.9 Å². The summed E-state index contributed by atoms with van der Waals surface area (Å²) in [5.74, 6) is -1.48. The molecular formula is C14H12ClNO3. The maximum Gasteiger partial charge on any atom is 0.379 e. The normalized spacial score (nSPS) is 10.2. The average Bonchev–Trinajstić information content (AvgIpc) is 2.88. The predicted molar refractivity (Wildman–Crippen MR) is 71.7 cm³/mol. The second kappa shape index (κ2) is 5.71. The lowest BCUT2D eigenvalue weighted by Crippen LogP contribution is -2.16. The molecule has 5 heteroatoms. The minimum Gasteiger partial charge on any atom is -0.460 e. The number of esters is 1. The Labute approximate surface area is 115 Å². The third kappa shape index (κ3) is 3.03. The zero-order valence-corrected chi connectivity index (χ0v) is 11.1. The van der Waals surface area contributed by atoms with E-state index in [-0.39, 0.29) is 6.61 Å². The number of carbonyl (C=O) groups excluding carboxylic acids is 2. The van der Waals surface area contributed by atoms with Crippen molar-refractivity contribution in [1.29, 1.82) is 0 Å². The Morgan fingerprint density at radius 3 is 2.53 bits per heavy atom. The molecule has 0 saturated heterocycles. The van der Waals surface area contributed by atoms with Crippen LogP contribution in [-0.2, 0) is 9.53 Å². The molecule has 0 atom stereocenters. The van der Waals surface area contributed by atoms with Gasteiger partial charge in [0, 0.05) is 28.7 Å². The minimum atomic E-state index is -0.837. The van der Waals surface area contributed by atoms with Crippen LogP contribution in [0.1, 0.15) is 17.3 Å². The molecule has 2 aromatic rings. The molecule has 2 rings (SSSR count). The molecule has 0 unspecified atom stereocenters. The van der Waals surface area contributed by atoms with Gasteiger partial charge >= 0.3 is 5.97 Å². The summed E-state index contributed by atoms with van der Waals surface area (Å²) in [6, 6.07) is 8.73. The number of nitrogens with zero attached hydrogens (tertiary/aromatic N) is 1. The van der Waals surface area contributed by atoms with Crippen LogP contribution in [0.15, 0.2) is 42.7 Å². The van der Waals surface area contributed by atoms with Crippen LogP contribution in [0.2, 0.25) is 5.02 Å². The molecule has 1 aromatic carbocycles. The number of ketones is 1. The molecule has 0 saturated carbocycles. The summed E-state index contributed by atoms with van der Waals surface area (Å²) in [5.41, 5.74) is 1.15. The zero-order chi connectivity index (χ0) is 13.8. The van der Waals surface area contributed by atoms with Gasteiger partial charge in [0.15, 0.2) is 0 Å². The first-order chi connectivity index (χ1) is 9.11. The molecule has 1 aromatic heterocycles.